The molecule has 0 aliphatic rings. The summed E-state index contributed by atoms with van der Waals surface area (Å²) in [4.78, 5) is 73.1. The van der Waals surface area contributed by atoms with Gasteiger partial charge in [-0.2, -0.15) is 0 Å². The summed E-state index contributed by atoms with van der Waals surface area (Å²) in [5.74, 6) is 1.09. The quantitative estimate of drug-likeness (QED) is 0.0222. The largest absolute Gasteiger partial charge is 0.472 e. The minimum absolute atomic E-state index is 0.106. The van der Waals surface area contributed by atoms with E-state index < -0.39 is 97.5 Å². The molecule has 0 radical (unpaired) electrons. The van der Waals surface area contributed by atoms with Crippen molar-refractivity contribution in [3.05, 3.63) is 0 Å². The van der Waals surface area contributed by atoms with Gasteiger partial charge < -0.3 is 33.8 Å². The Morgan fingerprint density at radius 1 is 0.277 bits per heavy atom. The maximum Gasteiger partial charge on any atom is 0.472 e. The number of hydrogen-bond donors (Lipinski definition) is 3. The molecule has 600 valence electrons. The predicted molar refractivity (Wildman–Crippen MR) is 414 cm³/mol. The summed E-state index contributed by atoms with van der Waals surface area (Å²) in [6, 6.07) is 0. The number of phosphoric ester groups is 2. The number of hydrogen-bond acceptors (Lipinski definition) is 15. The lowest BCUT2D eigenvalue weighted by Crippen LogP contribution is -2.30. The molecule has 0 aromatic carbocycles. The Bertz CT molecular complexity index is 1980. The van der Waals surface area contributed by atoms with E-state index in [0.717, 1.165) is 114 Å². The van der Waals surface area contributed by atoms with Crippen LogP contribution in [0.15, 0.2) is 0 Å². The van der Waals surface area contributed by atoms with Gasteiger partial charge in [0.25, 0.3) is 0 Å². The molecule has 7 atom stereocenters. The Morgan fingerprint density at radius 3 is 0.703 bits per heavy atom. The molecule has 19 heteroatoms. The van der Waals surface area contributed by atoms with Gasteiger partial charge in [0, 0.05) is 25.7 Å². The number of unbranched alkanes of at least 4 members (excludes halogenated alkanes) is 43. The van der Waals surface area contributed by atoms with Crippen LogP contribution in [0.5, 0.6) is 0 Å². The fraction of sp³-hybridized carbons (Fsp3) is 0.951. The highest BCUT2D eigenvalue weighted by molar-refractivity contribution is 7.47. The van der Waals surface area contributed by atoms with Crippen molar-refractivity contribution in [3.8, 4) is 0 Å². The number of esters is 4. The number of ether oxygens (including phenoxy) is 4. The third-order valence-corrected chi connectivity index (χ3v) is 21.7. The van der Waals surface area contributed by atoms with Crippen molar-refractivity contribution in [2.45, 2.75) is 440 Å². The van der Waals surface area contributed by atoms with Crippen molar-refractivity contribution in [1.82, 2.24) is 0 Å². The topological polar surface area (TPSA) is 237 Å². The molecule has 0 saturated heterocycles. The lowest BCUT2D eigenvalue weighted by atomic mass is 9.99. The second kappa shape index (κ2) is 71.0. The van der Waals surface area contributed by atoms with E-state index in [0.29, 0.717) is 25.7 Å². The van der Waals surface area contributed by atoms with Crippen LogP contribution in [-0.2, 0) is 65.4 Å². The summed E-state index contributed by atoms with van der Waals surface area (Å²) in [7, 11) is -9.93. The van der Waals surface area contributed by atoms with Crippen molar-refractivity contribution in [3.63, 3.8) is 0 Å². The van der Waals surface area contributed by atoms with Gasteiger partial charge in [0.05, 0.1) is 26.4 Å². The van der Waals surface area contributed by atoms with E-state index in [1.807, 2.05) is 0 Å². The molecular formula is C82H160O17P2. The van der Waals surface area contributed by atoms with Crippen LogP contribution in [0.1, 0.15) is 421 Å². The van der Waals surface area contributed by atoms with Crippen molar-refractivity contribution in [1.29, 1.82) is 0 Å². The van der Waals surface area contributed by atoms with Gasteiger partial charge in [0.1, 0.15) is 19.3 Å². The molecule has 0 fully saturated rings. The van der Waals surface area contributed by atoms with Crippen molar-refractivity contribution >= 4 is 39.5 Å². The molecule has 0 aliphatic carbocycles. The normalized spacial score (nSPS) is 14.5. The number of carbonyl (C=O) groups excluding carboxylic acids is 4. The van der Waals surface area contributed by atoms with Crippen LogP contribution in [0, 0.1) is 23.7 Å². The summed E-state index contributed by atoms with van der Waals surface area (Å²) in [5, 5.41) is 10.7. The summed E-state index contributed by atoms with van der Waals surface area (Å²) >= 11 is 0. The number of aliphatic hydroxyl groups is 1. The van der Waals surface area contributed by atoms with Gasteiger partial charge >= 0.3 is 39.5 Å². The van der Waals surface area contributed by atoms with Crippen LogP contribution in [0.4, 0.5) is 0 Å². The molecule has 17 nitrogen and oxygen atoms in total. The molecule has 0 aromatic rings. The molecular weight excluding hydrogens is 1320 g/mol. The SMILES string of the molecule is CCC(C)CCCCCCCCCCCCCCCCC(=O)O[C@H](COC(=O)CCCCCCCCCCCCCCCC(C)C)COP(=O)(O)OC[C@@H](O)COP(=O)(O)OC[C@@H](COC(=O)CCCCCCCCCCCCC(C)C)OC(=O)CCCCCCCCCCCCC(C)CC. The number of carbonyl (C=O) groups is 4. The maximum absolute atomic E-state index is 13.1. The van der Waals surface area contributed by atoms with Crippen LogP contribution < -0.4 is 0 Å². The minimum Gasteiger partial charge on any atom is -0.462 e. The first-order chi connectivity index (χ1) is 48.7. The Kier molecular flexibility index (Phi) is 69.6. The van der Waals surface area contributed by atoms with Gasteiger partial charge in [0.2, 0.25) is 0 Å². The molecule has 0 amide bonds. The Morgan fingerprint density at radius 2 is 0.475 bits per heavy atom. The summed E-state index contributed by atoms with van der Waals surface area (Å²) in [6.07, 6.45) is 58.0. The Hall–Kier alpha value is -1.94. The Balaban J connectivity index is 5.28. The molecule has 0 saturated carbocycles. The molecule has 0 bridgehead atoms. The van der Waals surface area contributed by atoms with Gasteiger partial charge in [-0.05, 0) is 49.4 Å². The molecule has 0 aromatic heterocycles. The minimum atomic E-state index is -4.96. The van der Waals surface area contributed by atoms with E-state index in [-0.39, 0.29) is 25.7 Å². The second-order valence-electron chi connectivity index (χ2n) is 31.0. The zero-order valence-corrected chi connectivity index (χ0v) is 68.3. The monoisotopic (exact) mass is 1480 g/mol. The molecule has 3 N–H and O–H groups in total. The third-order valence-electron chi connectivity index (χ3n) is 19.8. The van der Waals surface area contributed by atoms with Crippen molar-refractivity contribution < 1.29 is 80.2 Å². The van der Waals surface area contributed by atoms with Crippen LogP contribution in [0.25, 0.3) is 0 Å². The molecule has 0 heterocycles. The average Bonchev–Trinajstić information content (AvgIpc) is 0.936. The standard InChI is InChI=1S/C82H160O17P2/c1-9-74(7)60-52-44-36-28-19-15-11-12-16-21-32-40-48-56-64-81(86)98-77(68-92-79(84)62-54-46-38-30-20-17-13-14-18-26-34-42-50-58-72(3)4)70-96-100(88,89)94-66-76(83)67-95-101(90,91)97-71-78(69-93-80(85)63-55-47-39-31-24-22-27-35-43-51-59-73(5)6)99-82(87)65-57-49-41-33-25-23-29-37-45-53-61-75(8)10-2/h72-78,83H,9-71H2,1-8H3,(H,88,89)(H,90,91)/t74?,75?,76-,77-,78-/m1/s1. The van der Waals surface area contributed by atoms with Gasteiger partial charge in [-0.15, -0.1) is 0 Å². The second-order valence-corrected chi connectivity index (χ2v) is 33.9. The van der Waals surface area contributed by atoms with Crippen molar-refractivity contribution in [2.24, 2.45) is 23.7 Å². The van der Waals surface area contributed by atoms with Gasteiger partial charge in [-0.3, -0.25) is 37.3 Å². The van der Waals surface area contributed by atoms with E-state index in [2.05, 4.69) is 55.4 Å². The van der Waals surface area contributed by atoms with Gasteiger partial charge in [0.15, 0.2) is 12.2 Å². The van der Waals surface area contributed by atoms with E-state index >= 15 is 0 Å². The molecule has 0 aliphatic heterocycles. The lowest BCUT2D eigenvalue weighted by Gasteiger charge is -2.21. The molecule has 4 unspecified atom stereocenters. The Labute approximate surface area is 619 Å². The van der Waals surface area contributed by atoms with E-state index in [4.69, 9.17) is 37.0 Å². The smallest absolute Gasteiger partial charge is 0.462 e. The van der Waals surface area contributed by atoms with E-state index in [9.17, 15) is 43.2 Å². The highest BCUT2D eigenvalue weighted by Gasteiger charge is 2.30. The summed E-state index contributed by atoms with van der Waals surface area (Å²) < 4.78 is 68.8. The predicted octanol–water partition coefficient (Wildman–Crippen LogP) is 24.4. The third kappa shape index (κ3) is 73.4. The summed E-state index contributed by atoms with van der Waals surface area (Å²) in [6.45, 7) is 14.3. The lowest BCUT2D eigenvalue weighted by molar-refractivity contribution is -0.161. The summed E-state index contributed by atoms with van der Waals surface area (Å²) in [5.41, 5.74) is 0. The molecule has 0 spiro atoms. The highest BCUT2D eigenvalue weighted by Crippen LogP contribution is 2.45. The van der Waals surface area contributed by atoms with E-state index in [1.165, 1.54) is 225 Å². The van der Waals surface area contributed by atoms with Crippen LogP contribution in [0.2, 0.25) is 0 Å². The fourth-order valence-corrected chi connectivity index (χ4v) is 14.1. The first kappa shape index (κ1) is 99.1. The highest BCUT2D eigenvalue weighted by atomic mass is 31.2. The number of phosphoric acid groups is 2. The molecule has 101 heavy (non-hydrogen) atoms. The number of aliphatic hydroxyl groups excluding tert-OH is 1. The fourth-order valence-electron chi connectivity index (χ4n) is 12.5. The van der Waals surface area contributed by atoms with Crippen molar-refractivity contribution in [2.75, 3.05) is 39.6 Å². The van der Waals surface area contributed by atoms with Crippen LogP contribution in [-0.4, -0.2) is 96.7 Å². The first-order valence-corrected chi connectivity index (χ1v) is 45.3. The number of rotatable bonds is 79. The van der Waals surface area contributed by atoms with Gasteiger partial charge in [-0.25, -0.2) is 9.13 Å². The molecule has 0 rings (SSSR count). The van der Waals surface area contributed by atoms with E-state index in [1.54, 1.807) is 0 Å². The van der Waals surface area contributed by atoms with Crippen LogP contribution in [0.3, 0.4) is 0 Å². The first-order valence-electron chi connectivity index (χ1n) is 42.3. The zero-order valence-electron chi connectivity index (χ0n) is 66.5. The van der Waals surface area contributed by atoms with Crippen LogP contribution >= 0.6 is 15.6 Å². The zero-order chi connectivity index (χ0) is 74.6. The average molecular weight is 1480 g/mol. The maximum atomic E-state index is 13.1. The van der Waals surface area contributed by atoms with Gasteiger partial charge in [-0.1, -0.05) is 370 Å².